The Bertz CT molecular complexity index is 1590. The van der Waals surface area contributed by atoms with Crippen LogP contribution in [-0.4, -0.2) is 37.2 Å². The van der Waals surface area contributed by atoms with Crippen LogP contribution in [0.4, 0.5) is 0 Å². The summed E-state index contributed by atoms with van der Waals surface area (Å²) < 4.78 is 16.6. The number of unbranched alkanes of at least 4 members (excludes halogenated alkanes) is 8. The molecule has 0 aromatic heterocycles. The minimum Gasteiger partial charge on any atom is -0.462 e. The molecule has 0 N–H and O–H groups in total. The fourth-order valence-electron chi connectivity index (χ4n) is 5.78. The third kappa shape index (κ3) is 49.6. The van der Waals surface area contributed by atoms with Crippen LogP contribution in [-0.2, 0) is 28.6 Å². The highest BCUT2D eigenvalue weighted by atomic mass is 16.6. The maximum Gasteiger partial charge on any atom is 0.306 e. The van der Waals surface area contributed by atoms with Gasteiger partial charge in [-0.25, -0.2) is 0 Å². The van der Waals surface area contributed by atoms with Crippen LogP contribution in [0.15, 0.2) is 170 Å². The van der Waals surface area contributed by atoms with Crippen molar-refractivity contribution < 1.29 is 28.6 Å². The van der Waals surface area contributed by atoms with Crippen molar-refractivity contribution >= 4 is 17.9 Å². The first-order valence-electron chi connectivity index (χ1n) is 24.7. The maximum absolute atomic E-state index is 12.8. The van der Waals surface area contributed by atoms with E-state index in [9.17, 15) is 14.4 Å². The van der Waals surface area contributed by atoms with E-state index in [1.165, 1.54) is 0 Å². The summed E-state index contributed by atoms with van der Waals surface area (Å²) >= 11 is 0. The predicted molar refractivity (Wildman–Crippen MR) is 278 cm³/mol. The van der Waals surface area contributed by atoms with Crippen LogP contribution in [0.1, 0.15) is 162 Å². The van der Waals surface area contributed by atoms with Crippen molar-refractivity contribution in [1.29, 1.82) is 0 Å². The Hall–Kier alpha value is -5.23. The van der Waals surface area contributed by atoms with E-state index in [0.717, 1.165) is 103 Å². The zero-order valence-electron chi connectivity index (χ0n) is 40.7. The molecule has 0 radical (unpaired) electrons. The summed E-state index contributed by atoms with van der Waals surface area (Å²) in [5.41, 5.74) is 0. The van der Waals surface area contributed by atoms with Gasteiger partial charge in [-0.3, -0.25) is 14.4 Å². The van der Waals surface area contributed by atoms with E-state index in [1.54, 1.807) is 0 Å². The molecule has 0 aromatic carbocycles. The standard InChI is InChI=1S/C59H86O6/c1-4-7-10-13-16-19-21-23-25-27-29-31-33-35-37-40-43-46-49-52-58(61)64-55-56(54-63-57(60)51-48-45-42-39-18-15-12-9-6-3)65-59(62)53-50-47-44-41-38-36-34-32-30-28-26-24-22-20-17-14-11-8-5-2/h7-13,16-21,23-27,29-33,35-39,56H,4-6,14-15,22,28,34,40-55H2,1-3H3/b10-7-,11-8-,12-9-,16-13-,20-17-,21-19-,25-23-,26-24-,29-27+,32-30-,33-31-,37-35-,38-36-,39-18-. The summed E-state index contributed by atoms with van der Waals surface area (Å²) in [5, 5.41) is 0. The number of hydrogen-bond donors (Lipinski definition) is 0. The Morgan fingerprint density at radius 3 is 1.05 bits per heavy atom. The molecule has 0 amide bonds. The van der Waals surface area contributed by atoms with Gasteiger partial charge >= 0.3 is 17.9 Å². The topological polar surface area (TPSA) is 78.9 Å². The molecule has 0 rings (SSSR count). The van der Waals surface area contributed by atoms with Gasteiger partial charge in [0, 0.05) is 19.3 Å². The molecule has 65 heavy (non-hydrogen) atoms. The van der Waals surface area contributed by atoms with Crippen molar-refractivity contribution in [3.63, 3.8) is 0 Å². The van der Waals surface area contributed by atoms with Gasteiger partial charge in [0.05, 0.1) is 0 Å². The predicted octanol–water partition coefficient (Wildman–Crippen LogP) is 16.4. The minimum atomic E-state index is -0.836. The summed E-state index contributed by atoms with van der Waals surface area (Å²) in [4.78, 5) is 37.9. The van der Waals surface area contributed by atoms with Crippen LogP contribution in [0.2, 0.25) is 0 Å². The lowest BCUT2D eigenvalue weighted by Gasteiger charge is -2.18. The number of ether oxygens (including phenoxy) is 3. The largest absolute Gasteiger partial charge is 0.462 e. The molecule has 0 aliphatic heterocycles. The summed E-state index contributed by atoms with van der Waals surface area (Å²) in [7, 11) is 0. The van der Waals surface area contributed by atoms with E-state index in [0.29, 0.717) is 19.3 Å². The van der Waals surface area contributed by atoms with E-state index >= 15 is 0 Å². The van der Waals surface area contributed by atoms with Crippen LogP contribution >= 0.6 is 0 Å². The highest BCUT2D eigenvalue weighted by Gasteiger charge is 2.19. The van der Waals surface area contributed by atoms with Gasteiger partial charge in [0.25, 0.3) is 0 Å². The van der Waals surface area contributed by atoms with Crippen LogP contribution in [0.3, 0.4) is 0 Å². The molecule has 1 atom stereocenters. The van der Waals surface area contributed by atoms with Gasteiger partial charge in [0.1, 0.15) is 13.2 Å². The summed E-state index contributed by atoms with van der Waals surface area (Å²) in [6.07, 6.45) is 76.3. The van der Waals surface area contributed by atoms with Crippen molar-refractivity contribution in [2.45, 2.75) is 168 Å². The molecule has 0 heterocycles. The quantitative estimate of drug-likeness (QED) is 0.0200. The Kier molecular flexibility index (Phi) is 47.3. The Morgan fingerprint density at radius 1 is 0.323 bits per heavy atom. The second-order valence-corrected chi connectivity index (χ2v) is 15.4. The van der Waals surface area contributed by atoms with Gasteiger partial charge in [-0.15, -0.1) is 0 Å². The van der Waals surface area contributed by atoms with Gasteiger partial charge in [0.2, 0.25) is 0 Å². The number of carbonyl (C=O) groups is 3. The van der Waals surface area contributed by atoms with Crippen LogP contribution < -0.4 is 0 Å². The summed E-state index contributed by atoms with van der Waals surface area (Å²) in [6.45, 7) is 6.11. The Balaban J connectivity index is 4.57. The van der Waals surface area contributed by atoms with Crippen molar-refractivity contribution in [1.82, 2.24) is 0 Å². The molecule has 0 saturated carbocycles. The molecule has 6 nitrogen and oxygen atoms in total. The molecule has 358 valence electrons. The molecule has 0 saturated heterocycles. The zero-order valence-corrected chi connectivity index (χ0v) is 40.7. The number of allylic oxidation sites excluding steroid dienone is 28. The average molecular weight is 891 g/mol. The van der Waals surface area contributed by atoms with E-state index in [-0.39, 0.29) is 50.4 Å². The first kappa shape index (κ1) is 59.8. The third-order valence-corrected chi connectivity index (χ3v) is 9.39. The second-order valence-electron chi connectivity index (χ2n) is 15.4. The first-order chi connectivity index (χ1) is 32.0. The summed E-state index contributed by atoms with van der Waals surface area (Å²) in [5.74, 6) is -1.06. The molecular weight excluding hydrogens is 805 g/mol. The zero-order chi connectivity index (χ0) is 47.2. The van der Waals surface area contributed by atoms with Crippen molar-refractivity contribution in [3.8, 4) is 0 Å². The molecule has 0 fully saturated rings. The Morgan fingerprint density at radius 2 is 0.631 bits per heavy atom. The van der Waals surface area contributed by atoms with E-state index < -0.39 is 6.10 Å². The van der Waals surface area contributed by atoms with E-state index in [4.69, 9.17) is 14.2 Å². The SMILES string of the molecule is CC\C=C/C=C\C=C/C=C\C=C\C=C/C=C\CCCCCC(=O)OCC(COC(=O)CCCC/C=C\C/C=C\CC)OC(=O)CCCCC/C=C\C/C=C\C/C=C\C/C=C\C/C=C\CC. The number of carbonyl (C=O) groups excluding carboxylic acids is 3. The van der Waals surface area contributed by atoms with Crippen molar-refractivity contribution in [3.05, 3.63) is 170 Å². The highest BCUT2D eigenvalue weighted by Crippen LogP contribution is 2.10. The number of hydrogen-bond acceptors (Lipinski definition) is 6. The van der Waals surface area contributed by atoms with Gasteiger partial charge in [-0.2, -0.15) is 0 Å². The molecule has 0 spiro atoms. The van der Waals surface area contributed by atoms with Crippen LogP contribution in [0.25, 0.3) is 0 Å². The molecular formula is C59H86O6. The van der Waals surface area contributed by atoms with Crippen molar-refractivity contribution in [2.24, 2.45) is 0 Å². The number of rotatable bonds is 41. The molecule has 0 aliphatic carbocycles. The molecule has 0 bridgehead atoms. The molecule has 6 heteroatoms. The minimum absolute atomic E-state index is 0.133. The lowest BCUT2D eigenvalue weighted by molar-refractivity contribution is -0.167. The van der Waals surface area contributed by atoms with Crippen molar-refractivity contribution in [2.75, 3.05) is 13.2 Å². The molecule has 0 aromatic rings. The Labute approximate surface area is 396 Å². The fourth-order valence-corrected chi connectivity index (χ4v) is 5.78. The number of esters is 3. The lowest BCUT2D eigenvalue weighted by Crippen LogP contribution is -2.30. The van der Waals surface area contributed by atoms with E-state index in [2.05, 4.69) is 118 Å². The third-order valence-electron chi connectivity index (χ3n) is 9.39. The normalized spacial score (nSPS) is 13.6. The van der Waals surface area contributed by atoms with E-state index in [1.807, 2.05) is 72.9 Å². The molecule has 1 unspecified atom stereocenters. The first-order valence-corrected chi connectivity index (χ1v) is 24.7. The second kappa shape index (κ2) is 51.4. The van der Waals surface area contributed by atoms with Gasteiger partial charge in [0.15, 0.2) is 6.10 Å². The monoisotopic (exact) mass is 891 g/mol. The van der Waals surface area contributed by atoms with Crippen LogP contribution in [0, 0.1) is 0 Å². The van der Waals surface area contributed by atoms with Gasteiger partial charge in [-0.05, 0) is 109 Å². The van der Waals surface area contributed by atoms with Gasteiger partial charge < -0.3 is 14.2 Å². The fraction of sp³-hybridized carbons (Fsp3) is 0.475. The lowest BCUT2D eigenvalue weighted by atomic mass is 10.1. The maximum atomic E-state index is 12.8. The summed E-state index contributed by atoms with van der Waals surface area (Å²) in [6, 6.07) is 0. The van der Waals surface area contributed by atoms with Gasteiger partial charge in [-0.1, -0.05) is 204 Å². The van der Waals surface area contributed by atoms with Crippen LogP contribution in [0.5, 0.6) is 0 Å². The highest BCUT2D eigenvalue weighted by molar-refractivity contribution is 5.71. The molecule has 0 aliphatic rings. The average Bonchev–Trinajstić information content (AvgIpc) is 3.30. The smallest absolute Gasteiger partial charge is 0.306 e.